The highest BCUT2D eigenvalue weighted by molar-refractivity contribution is 6.13. The molecule has 58 valence electrons. The van der Waals surface area contributed by atoms with Gasteiger partial charge in [-0.25, -0.2) is 9.29 Å². The Bertz CT molecular complexity index is 229. The molecule has 0 aliphatic carbocycles. The van der Waals surface area contributed by atoms with Crippen molar-refractivity contribution in [3.05, 3.63) is 24.8 Å². The standard InChI is InChI=1S/C7H6FNO2/c1-2-5(8)9-6(10)3-4-7(9)11/h2-5H,1H2. The van der Waals surface area contributed by atoms with E-state index in [4.69, 9.17) is 0 Å². The van der Waals surface area contributed by atoms with Gasteiger partial charge in [0.05, 0.1) is 0 Å². The van der Waals surface area contributed by atoms with Crippen molar-refractivity contribution in [3.8, 4) is 0 Å². The third-order valence-electron chi connectivity index (χ3n) is 1.28. The average molecular weight is 155 g/mol. The van der Waals surface area contributed by atoms with E-state index in [0.29, 0.717) is 4.90 Å². The SMILES string of the molecule is C=CC(F)N1C(=O)C=CC1=O. The van der Waals surface area contributed by atoms with E-state index in [0.717, 1.165) is 18.2 Å². The molecule has 0 spiro atoms. The number of halogens is 1. The largest absolute Gasteiger partial charge is 0.269 e. The molecule has 0 saturated heterocycles. The zero-order valence-corrected chi connectivity index (χ0v) is 5.66. The molecular formula is C7H6FNO2. The number of amides is 2. The van der Waals surface area contributed by atoms with E-state index in [1.165, 1.54) is 0 Å². The Hall–Kier alpha value is -1.45. The Kier molecular flexibility index (Phi) is 1.85. The molecule has 2 amide bonds. The fourth-order valence-electron chi connectivity index (χ4n) is 0.760. The predicted octanol–water partition coefficient (Wildman–Crippen LogP) is 0.393. The first-order valence-corrected chi connectivity index (χ1v) is 2.98. The van der Waals surface area contributed by atoms with Gasteiger partial charge in [0.15, 0.2) is 6.30 Å². The molecule has 11 heavy (non-hydrogen) atoms. The molecule has 1 heterocycles. The molecule has 0 fully saturated rings. The minimum atomic E-state index is -1.72. The van der Waals surface area contributed by atoms with Crippen molar-refractivity contribution in [3.63, 3.8) is 0 Å². The number of hydrogen-bond acceptors (Lipinski definition) is 2. The summed E-state index contributed by atoms with van der Waals surface area (Å²) in [5.41, 5.74) is 0. The molecule has 0 aromatic carbocycles. The van der Waals surface area contributed by atoms with Gasteiger partial charge in [0.1, 0.15) is 0 Å². The summed E-state index contributed by atoms with van der Waals surface area (Å²) in [6, 6.07) is 0. The highest BCUT2D eigenvalue weighted by Gasteiger charge is 2.28. The molecule has 0 aromatic heterocycles. The lowest BCUT2D eigenvalue weighted by molar-refractivity contribution is -0.141. The summed E-state index contributed by atoms with van der Waals surface area (Å²) in [6.07, 6.45) is 1.23. The molecule has 1 aliphatic heterocycles. The van der Waals surface area contributed by atoms with Crippen LogP contribution in [-0.2, 0) is 9.59 Å². The molecular weight excluding hydrogens is 149 g/mol. The Morgan fingerprint density at radius 2 is 1.91 bits per heavy atom. The Labute approximate surface area is 62.8 Å². The highest BCUT2D eigenvalue weighted by atomic mass is 19.1. The van der Waals surface area contributed by atoms with Gasteiger partial charge in [0.25, 0.3) is 11.8 Å². The lowest BCUT2D eigenvalue weighted by atomic mass is 10.5. The second-order valence-electron chi connectivity index (χ2n) is 1.99. The second kappa shape index (κ2) is 2.65. The topological polar surface area (TPSA) is 37.4 Å². The lowest BCUT2D eigenvalue weighted by Gasteiger charge is -2.14. The Morgan fingerprint density at radius 1 is 1.45 bits per heavy atom. The van der Waals surface area contributed by atoms with Crippen molar-refractivity contribution < 1.29 is 14.0 Å². The lowest BCUT2D eigenvalue weighted by Crippen LogP contribution is -2.35. The minimum Gasteiger partial charge on any atom is -0.269 e. The molecule has 0 radical (unpaired) electrons. The van der Waals surface area contributed by atoms with Crippen molar-refractivity contribution in [2.75, 3.05) is 0 Å². The van der Waals surface area contributed by atoms with E-state index in [1.807, 2.05) is 0 Å². The third kappa shape index (κ3) is 1.19. The summed E-state index contributed by atoms with van der Waals surface area (Å²) in [7, 11) is 0. The first-order valence-electron chi connectivity index (χ1n) is 2.98. The maximum Gasteiger partial charge on any atom is 0.256 e. The van der Waals surface area contributed by atoms with Gasteiger partial charge in [0, 0.05) is 12.2 Å². The highest BCUT2D eigenvalue weighted by Crippen LogP contribution is 2.10. The number of carbonyl (C=O) groups excluding carboxylic acids is 2. The van der Waals surface area contributed by atoms with Gasteiger partial charge in [-0.15, -0.1) is 0 Å². The van der Waals surface area contributed by atoms with Crippen molar-refractivity contribution in [2.24, 2.45) is 0 Å². The maximum absolute atomic E-state index is 12.7. The zero-order valence-electron chi connectivity index (χ0n) is 5.66. The maximum atomic E-state index is 12.7. The van der Waals surface area contributed by atoms with Gasteiger partial charge in [-0.1, -0.05) is 6.58 Å². The van der Waals surface area contributed by atoms with Crippen molar-refractivity contribution in [1.29, 1.82) is 0 Å². The van der Waals surface area contributed by atoms with Crippen molar-refractivity contribution in [2.45, 2.75) is 6.30 Å². The van der Waals surface area contributed by atoms with Crippen LogP contribution >= 0.6 is 0 Å². The van der Waals surface area contributed by atoms with Gasteiger partial charge >= 0.3 is 0 Å². The van der Waals surface area contributed by atoms with Crippen LogP contribution in [0, 0.1) is 0 Å². The fourth-order valence-corrected chi connectivity index (χ4v) is 0.760. The first-order chi connectivity index (χ1) is 5.16. The molecule has 1 aliphatic rings. The predicted molar refractivity (Wildman–Crippen MR) is 36.1 cm³/mol. The van der Waals surface area contributed by atoms with Crippen molar-refractivity contribution >= 4 is 11.8 Å². The number of hydrogen-bond donors (Lipinski definition) is 0. The zero-order chi connectivity index (χ0) is 8.43. The third-order valence-corrected chi connectivity index (χ3v) is 1.28. The molecule has 0 saturated carbocycles. The van der Waals surface area contributed by atoms with Crippen LogP contribution in [-0.4, -0.2) is 23.0 Å². The van der Waals surface area contributed by atoms with E-state index in [2.05, 4.69) is 6.58 Å². The van der Waals surface area contributed by atoms with Gasteiger partial charge in [-0.2, -0.15) is 0 Å². The van der Waals surface area contributed by atoms with Crippen LogP contribution in [0.3, 0.4) is 0 Å². The quantitative estimate of drug-likeness (QED) is 0.328. The van der Waals surface area contributed by atoms with E-state index in [1.54, 1.807) is 0 Å². The van der Waals surface area contributed by atoms with Gasteiger partial charge in [-0.05, 0) is 6.08 Å². The van der Waals surface area contributed by atoms with Crippen LogP contribution < -0.4 is 0 Å². The molecule has 4 heteroatoms. The molecule has 1 rings (SSSR count). The first kappa shape index (κ1) is 7.65. The van der Waals surface area contributed by atoms with E-state index in [9.17, 15) is 14.0 Å². The van der Waals surface area contributed by atoms with Crippen LogP contribution in [0.1, 0.15) is 0 Å². The summed E-state index contributed by atoms with van der Waals surface area (Å²) in [5, 5.41) is 0. The van der Waals surface area contributed by atoms with Gasteiger partial charge < -0.3 is 0 Å². The summed E-state index contributed by atoms with van der Waals surface area (Å²) < 4.78 is 12.7. The van der Waals surface area contributed by atoms with Crippen LogP contribution in [0.2, 0.25) is 0 Å². The van der Waals surface area contributed by atoms with Gasteiger partial charge in [0.2, 0.25) is 0 Å². The normalized spacial score (nSPS) is 19.2. The van der Waals surface area contributed by atoms with Crippen LogP contribution in [0.4, 0.5) is 4.39 Å². The van der Waals surface area contributed by atoms with Crippen LogP contribution in [0.25, 0.3) is 0 Å². The molecule has 0 N–H and O–H groups in total. The number of rotatable bonds is 2. The van der Waals surface area contributed by atoms with E-state index < -0.39 is 18.1 Å². The van der Waals surface area contributed by atoms with E-state index in [-0.39, 0.29) is 0 Å². The Morgan fingerprint density at radius 3 is 2.27 bits per heavy atom. The molecule has 3 nitrogen and oxygen atoms in total. The minimum absolute atomic E-state index is 0.493. The molecule has 0 bridgehead atoms. The second-order valence-corrected chi connectivity index (χ2v) is 1.99. The van der Waals surface area contributed by atoms with Crippen LogP contribution in [0.15, 0.2) is 24.8 Å². The number of carbonyl (C=O) groups is 2. The number of nitrogens with zero attached hydrogens (tertiary/aromatic N) is 1. The fraction of sp³-hybridized carbons (Fsp3) is 0.143. The van der Waals surface area contributed by atoms with Gasteiger partial charge in [-0.3, -0.25) is 9.59 Å². The average Bonchev–Trinajstić information content (AvgIpc) is 2.30. The molecule has 0 aromatic rings. The summed E-state index contributed by atoms with van der Waals surface area (Å²) in [4.78, 5) is 21.9. The molecule has 1 atom stereocenters. The summed E-state index contributed by atoms with van der Waals surface area (Å²) in [6.45, 7) is 3.13. The van der Waals surface area contributed by atoms with Crippen LogP contribution in [0.5, 0.6) is 0 Å². The number of alkyl halides is 1. The molecule has 1 unspecified atom stereocenters. The smallest absolute Gasteiger partial charge is 0.256 e. The van der Waals surface area contributed by atoms with E-state index >= 15 is 0 Å². The monoisotopic (exact) mass is 155 g/mol. The Balaban J connectivity index is 2.81. The summed E-state index contributed by atoms with van der Waals surface area (Å²) in [5.74, 6) is -1.27. The summed E-state index contributed by atoms with van der Waals surface area (Å²) >= 11 is 0. The van der Waals surface area contributed by atoms with Crippen molar-refractivity contribution in [1.82, 2.24) is 4.90 Å². The number of imide groups is 1.